The number of fused-ring (bicyclic) bond motifs is 1. The molecule has 0 bridgehead atoms. The molecular weight excluding hydrogens is 641 g/mol. The van der Waals surface area contributed by atoms with Crippen LogP contribution < -0.4 is 16.0 Å². The summed E-state index contributed by atoms with van der Waals surface area (Å²) in [5.74, 6) is -0.485. The molecule has 2 aromatic carbocycles. The van der Waals surface area contributed by atoms with Crippen molar-refractivity contribution in [3.8, 4) is 0 Å². The number of amides is 3. The molecule has 10 nitrogen and oxygen atoms in total. The average Bonchev–Trinajstić information content (AvgIpc) is 3.01. The third kappa shape index (κ3) is 10.1. The van der Waals surface area contributed by atoms with Crippen molar-refractivity contribution in [3.05, 3.63) is 71.3 Å². The highest BCUT2D eigenvalue weighted by atomic mass is 32.2. The van der Waals surface area contributed by atoms with Crippen LogP contribution in [0.15, 0.2) is 54.6 Å². The van der Waals surface area contributed by atoms with Crippen LogP contribution in [0.25, 0.3) is 0 Å². The molecule has 1 saturated carbocycles. The van der Waals surface area contributed by atoms with Crippen molar-refractivity contribution in [1.29, 1.82) is 0 Å². The fourth-order valence-corrected chi connectivity index (χ4v) is 7.78. The molecule has 1 heterocycles. The number of aryl methyl sites for hydroxylation is 1. The summed E-state index contributed by atoms with van der Waals surface area (Å²) in [6.45, 7) is 11.3. The molecule has 49 heavy (non-hydrogen) atoms. The number of benzene rings is 2. The van der Waals surface area contributed by atoms with Crippen molar-refractivity contribution in [2.45, 2.75) is 115 Å². The highest BCUT2D eigenvalue weighted by Gasteiger charge is 2.46. The molecule has 270 valence electrons. The van der Waals surface area contributed by atoms with E-state index >= 15 is 0 Å². The predicted molar refractivity (Wildman–Crippen MR) is 193 cm³/mol. The number of carbonyl (C=O) groups is 3. The molecule has 1 saturated heterocycles. The summed E-state index contributed by atoms with van der Waals surface area (Å²) in [6, 6.07) is 13.5. The SMILES string of the molecule is Cc1cccc(C(=O)NC(C(=O)NC(Cc2ccccc2)C(O)CN2CC3CCCCC3CC2C(=O)NC(C)(C)C)C(C)(C)S(C)(=O)=O)c1. The van der Waals surface area contributed by atoms with E-state index in [9.17, 15) is 27.9 Å². The normalized spacial score (nSPS) is 22.2. The van der Waals surface area contributed by atoms with E-state index in [1.165, 1.54) is 13.8 Å². The van der Waals surface area contributed by atoms with Crippen LogP contribution in [0, 0.1) is 18.8 Å². The number of sulfone groups is 1. The molecule has 0 aromatic heterocycles. The number of nitrogens with one attached hydrogen (secondary N) is 3. The van der Waals surface area contributed by atoms with E-state index in [0.29, 0.717) is 30.4 Å². The molecular formula is C38H56N4O6S. The Kier molecular flexibility index (Phi) is 12.4. The van der Waals surface area contributed by atoms with Gasteiger partial charge in [0, 0.05) is 30.4 Å². The molecule has 2 aliphatic rings. The number of piperidine rings is 1. The minimum atomic E-state index is -3.85. The average molecular weight is 697 g/mol. The summed E-state index contributed by atoms with van der Waals surface area (Å²) in [7, 11) is -3.85. The number of rotatable bonds is 12. The van der Waals surface area contributed by atoms with Gasteiger partial charge in [0.05, 0.1) is 22.9 Å². The Morgan fingerprint density at radius 2 is 1.59 bits per heavy atom. The van der Waals surface area contributed by atoms with Crippen LogP contribution in [0.4, 0.5) is 0 Å². The Morgan fingerprint density at radius 3 is 2.20 bits per heavy atom. The van der Waals surface area contributed by atoms with Gasteiger partial charge in [-0.1, -0.05) is 67.3 Å². The van der Waals surface area contributed by atoms with Gasteiger partial charge in [-0.25, -0.2) is 8.42 Å². The highest BCUT2D eigenvalue weighted by Crippen LogP contribution is 2.39. The molecule has 1 aliphatic carbocycles. The first-order valence-corrected chi connectivity index (χ1v) is 19.4. The Labute approximate surface area is 292 Å². The fraction of sp³-hybridized carbons (Fsp3) is 0.605. The minimum Gasteiger partial charge on any atom is -0.390 e. The summed E-state index contributed by atoms with van der Waals surface area (Å²) in [5, 5.41) is 20.7. The van der Waals surface area contributed by atoms with Gasteiger partial charge in [0.2, 0.25) is 11.8 Å². The molecule has 0 spiro atoms. The van der Waals surface area contributed by atoms with Crippen molar-refractivity contribution < 1.29 is 27.9 Å². The molecule has 2 aromatic rings. The van der Waals surface area contributed by atoms with Crippen LogP contribution >= 0.6 is 0 Å². The molecule has 4 rings (SSSR count). The molecule has 1 aliphatic heterocycles. The number of aliphatic hydroxyl groups excluding tert-OH is 1. The van der Waals surface area contributed by atoms with Gasteiger partial charge in [-0.2, -0.15) is 0 Å². The van der Waals surface area contributed by atoms with Crippen LogP contribution in [0.1, 0.15) is 88.2 Å². The van der Waals surface area contributed by atoms with Crippen LogP contribution in [-0.2, 0) is 25.8 Å². The fourth-order valence-electron chi connectivity index (χ4n) is 7.18. The van der Waals surface area contributed by atoms with Crippen LogP contribution in [0.5, 0.6) is 0 Å². The minimum absolute atomic E-state index is 0.0683. The van der Waals surface area contributed by atoms with E-state index in [1.807, 2.05) is 64.1 Å². The van der Waals surface area contributed by atoms with Crippen molar-refractivity contribution in [2.75, 3.05) is 19.3 Å². The van der Waals surface area contributed by atoms with Crippen molar-refractivity contribution in [2.24, 2.45) is 11.8 Å². The van der Waals surface area contributed by atoms with Gasteiger partial charge in [-0.15, -0.1) is 0 Å². The molecule has 11 heteroatoms. The Morgan fingerprint density at radius 1 is 0.939 bits per heavy atom. The zero-order valence-electron chi connectivity index (χ0n) is 30.2. The van der Waals surface area contributed by atoms with Crippen molar-refractivity contribution in [3.63, 3.8) is 0 Å². The Balaban J connectivity index is 1.63. The van der Waals surface area contributed by atoms with E-state index in [1.54, 1.807) is 18.2 Å². The van der Waals surface area contributed by atoms with Crippen LogP contribution in [0.2, 0.25) is 0 Å². The lowest BCUT2D eigenvalue weighted by molar-refractivity contribution is -0.133. The maximum atomic E-state index is 14.2. The van der Waals surface area contributed by atoms with E-state index < -0.39 is 56.2 Å². The van der Waals surface area contributed by atoms with Gasteiger partial charge in [-0.05, 0) is 90.3 Å². The largest absolute Gasteiger partial charge is 0.390 e. The third-order valence-corrected chi connectivity index (χ3v) is 12.4. The van der Waals surface area contributed by atoms with Crippen molar-refractivity contribution >= 4 is 27.6 Å². The standard InChI is InChI=1S/C38H56N4O6S/c1-25-14-13-19-28(20-25)34(44)40-33(38(5,6)49(7,47)48)36(46)39-30(21-26-15-9-8-10-16-26)32(43)24-42-23-29-18-12-11-17-27(29)22-31(42)35(45)41-37(2,3)4/h8-10,13-16,19-20,27,29-33,43H,11-12,17-18,21-24H2,1-7H3,(H,39,46)(H,40,44)(H,41,45). The number of nitrogens with zero attached hydrogens (tertiary/aromatic N) is 1. The number of hydrogen-bond donors (Lipinski definition) is 4. The molecule has 3 amide bonds. The summed E-state index contributed by atoms with van der Waals surface area (Å²) < 4.78 is 24.4. The topological polar surface area (TPSA) is 145 Å². The van der Waals surface area contributed by atoms with Crippen LogP contribution in [0.3, 0.4) is 0 Å². The Bertz CT molecular complexity index is 1570. The summed E-state index contributed by atoms with van der Waals surface area (Å²) in [4.78, 5) is 43.3. The highest BCUT2D eigenvalue weighted by molar-refractivity contribution is 7.92. The van der Waals surface area contributed by atoms with Crippen LogP contribution in [-0.4, -0.2) is 90.0 Å². The van der Waals surface area contributed by atoms with E-state index in [2.05, 4.69) is 20.9 Å². The van der Waals surface area contributed by atoms with Gasteiger partial charge in [0.1, 0.15) is 6.04 Å². The first-order chi connectivity index (χ1) is 22.9. The maximum Gasteiger partial charge on any atom is 0.251 e. The summed E-state index contributed by atoms with van der Waals surface area (Å²) >= 11 is 0. The molecule has 0 radical (unpaired) electrons. The first-order valence-electron chi connectivity index (χ1n) is 17.5. The van der Waals surface area contributed by atoms with Gasteiger partial charge in [0.15, 0.2) is 9.84 Å². The lowest BCUT2D eigenvalue weighted by Gasteiger charge is -2.47. The molecule has 6 unspecified atom stereocenters. The monoisotopic (exact) mass is 696 g/mol. The summed E-state index contributed by atoms with van der Waals surface area (Å²) in [5.41, 5.74) is 1.59. The quantitative estimate of drug-likeness (QED) is 0.264. The second-order valence-electron chi connectivity index (χ2n) is 15.8. The van der Waals surface area contributed by atoms with E-state index in [0.717, 1.165) is 43.1 Å². The van der Waals surface area contributed by atoms with Gasteiger partial charge in [0.25, 0.3) is 5.91 Å². The number of carbonyl (C=O) groups excluding carboxylic acids is 3. The second-order valence-corrected chi connectivity index (χ2v) is 18.4. The molecule has 4 N–H and O–H groups in total. The second kappa shape index (κ2) is 15.7. The summed E-state index contributed by atoms with van der Waals surface area (Å²) in [6.07, 6.45) is 5.39. The first kappa shape index (κ1) is 38.5. The smallest absolute Gasteiger partial charge is 0.251 e. The molecule has 2 fully saturated rings. The van der Waals surface area contributed by atoms with Gasteiger partial charge in [-0.3, -0.25) is 19.3 Å². The van der Waals surface area contributed by atoms with Gasteiger partial charge < -0.3 is 21.1 Å². The number of β-amino-alcohol motifs (C(OH)–C–C–N with tert-alkyl or cyclic N) is 1. The van der Waals surface area contributed by atoms with E-state index in [-0.39, 0.29) is 18.9 Å². The third-order valence-electron chi connectivity index (χ3n) is 10.3. The number of likely N-dealkylation sites (tertiary alicyclic amines) is 1. The predicted octanol–water partition coefficient (Wildman–Crippen LogP) is 3.80. The number of aliphatic hydroxyl groups is 1. The van der Waals surface area contributed by atoms with E-state index in [4.69, 9.17) is 0 Å². The zero-order valence-corrected chi connectivity index (χ0v) is 31.0. The van der Waals surface area contributed by atoms with Crippen molar-refractivity contribution in [1.82, 2.24) is 20.9 Å². The Hall–Kier alpha value is -3.28. The lowest BCUT2D eigenvalue weighted by Crippen LogP contribution is -2.64. The van der Waals surface area contributed by atoms with Gasteiger partial charge >= 0.3 is 0 Å². The molecule has 6 atom stereocenters. The number of hydrogen-bond acceptors (Lipinski definition) is 7. The maximum absolute atomic E-state index is 14.2. The zero-order chi connectivity index (χ0) is 36.1. The lowest BCUT2D eigenvalue weighted by atomic mass is 9.72.